The standard InChI is InChI=1S/C22H29N3O7S2/c1-18(25(33(2,27)28)19-6-4-3-5-7-19)22(26)23-12-15-32-20-8-10-21(11-9-20)34(29,30)24-13-16-31-17-14-24/h3-11,18H,12-17H2,1-2H3,(H,23,26)/t18-/m1/s1. The molecule has 2 aromatic carbocycles. The number of morpholine rings is 1. The van der Waals surface area contributed by atoms with Crippen LogP contribution in [0.2, 0.25) is 0 Å². The number of benzene rings is 2. The molecule has 2 aromatic rings. The Balaban J connectivity index is 1.52. The summed E-state index contributed by atoms with van der Waals surface area (Å²) in [5.41, 5.74) is 0.399. The monoisotopic (exact) mass is 511 g/mol. The van der Waals surface area contributed by atoms with Gasteiger partial charge in [-0.05, 0) is 43.3 Å². The maximum atomic E-state index is 12.7. The highest BCUT2D eigenvalue weighted by molar-refractivity contribution is 7.92. The minimum atomic E-state index is -3.68. The third-order valence-electron chi connectivity index (χ3n) is 5.20. The third-order valence-corrected chi connectivity index (χ3v) is 8.36. The van der Waals surface area contributed by atoms with Gasteiger partial charge in [-0.3, -0.25) is 9.10 Å². The molecular formula is C22H29N3O7S2. The number of anilines is 1. The summed E-state index contributed by atoms with van der Waals surface area (Å²) >= 11 is 0. The lowest BCUT2D eigenvalue weighted by Crippen LogP contribution is -2.48. The second-order valence-electron chi connectivity index (χ2n) is 7.70. The molecular weight excluding hydrogens is 482 g/mol. The Morgan fingerprint density at radius 2 is 1.68 bits per heavy atom. The Morgan fingerprint density at radius 3 is 2.26 bits per heavy atom. The predicted molar refractivity (Wildman–Crippen MR) is 128 cm³/mol. The zero-order valence-corrected chi connectivity index (χ0v) is 20.7. The van der Waals surface area contributed by atoms with Gasteiger partial charge in [-0.25, -0.2) is 16.8 Å². The third kappa shape index (κ3) is 6.47. The molecule has 0 saturated carbocycles. The van der Waals surface area contributed by atoms with E-state index in [4.69, 9.17) is 9.47 Å². The average Bonchev–Trinajstić information content (AvgIpc) is 2.82. The van der Waals surface area contributed by atoms with Crippen molar-refractivity contribution in [3.05, 3.63) is 54.6 Å². The van der Waals surface area contributed by atoms with Crippen LogP contribution in [-0.2, 0) is 29.6 Å². The first-order chi connectivity index (χ1) is 16.1. The zero-order valence-electron chi connectivity index (χ0n) is 19.1. The van der Waals surface area contributed by atoms with Crippen molar-refractivity contribution < 1.29 is 31.1 Å². The summed E-state index contributed by atoms with van der Waals surface area (Å²) < 4.78 is 63.1. The van der Waals surface area contributed by atoms with Crippen LogP contribution in [0.15, 0.2) is 59.5 Å². The Morgan fingerprint density at radius 1 is 1.06 bits per heavy atom. The fourth-order valence-corrected chi connectivity index (χ4v) is 6.10. The lowest BCUT2D eigenvalue weighted by atomic mass is 10.2. The number of nitrogens with one attached hydrogen (secondary N) is 1. The molecule has 1 amide bonds. The molecule has 0 bridgehead atoms. The molecule has 1 fully saturated rings. The van der Waals surface area contributed by atoms with E-state index in [-0.39, 0.29) is 18.0 Å². The van der Waals surface area contributed by atoms with Crippen LogP contribution in [0.25, 0.3) is 0 Å². The summed E-state index contributed by atoms with van der Waals surface area (Å²) in [6.45, 7) is 3.16. The van der Waals surface area contributed by atoms with Crippen LogP contribution in [0, 0.1) is 0 Å². The van der Waals surface area contributed by atoms with Crippen LogP contribution in [0.1, 0.15) is 6.92 Å². The number of ether oxygens (including phenoxy) is 2. The zero-order chi connectivity index (χ0) is 24.8. The van der Waals surface area contributed by atoms with Crippen LogP contribution >= 0.6 is 0 Å². The first-order valence-electron chi connectivity index (χ1n) is 10.7. The number of para-hydroxylation sites is 1. The summed E-state index contributed by atoms with van der Waals surface area (Å²) in [4.78, 5) is 12.7. The van der Waals surface area contributed by atoms with Crippen molar-refractivity contribution in [1.29, 1.82) is 0 Å². The Bertz CT molecular complexity index is 1160. The molecule has 0 spiro atoms. The molecule has 1 N–H and O–H groups in total. The number of sulfonamides is 2. The molecule has 1 heterocycles. The molecule has 186 valence electrons. The normalized spacial score (nSPS) is 15.9. The van der Waals surface area contributed by atoms with Crippen LogP contribution in [0.3, 0.4) is 0 Å². The van der Waals surface area contributed by atoms with Crippen molar-refractivity contribution in [1.82, 2.24) is 9.62 Å². The van der Waals surface area contributed by atoms with Crippen LogP contribution in [0.5, 0.6) is 5.75 Å². The van der Waals surface area contributed by atoms with Gasteiger partial charge in [-0.1, -0.05) is 18.2 Å². The maximum Gasteiger partial charge on any atom is 0.243 e. The predicted octanol–water partition coefficient (Wildman–Crippen LogP) is 1.06. The Hall–Kier alpha value is -2.67. The molecule has 0 radical (unpaired) electrons. The van der Waals surface area contributed by atoms with E-state index in [1.807, 2.05) is 0 Å². The SMILES string of the molecule is C[C@H](C(=O)NCCOc1ccc(S(=O)(=O)N2CCOCC2)cc1)N(c1ccccc1)S(C)(=O)=O. The first kappa shape index (κ1) is 25.9. The van der Waals surface area contributed by atoms with Gasteiger partial charge in [0, 0.05) is 13.1 Å². The fourth-order valence-electron chi connectivity index (χ4n) is 3.52. The Labute approximate surface area is 200 Å². The number of rotatable bonds is 10. The van der Waals surface area contributed by atoms with Crippen molar-refractivity contribution in [2.24, 2.45) is 0 Å². The number of carbonyl (C=O) groups excluding carboxylic acids is 1. The van der Waals surface area contributed by atoms with Crippen molar-refractivity contribution in [2.75, 3.05) is 50.0 Å². The van der Waals surface area contributed by atoms with Crippen LogP contribution in [-0.4, -0.2) is 78.8 Å². The summed E-state index contributed by atoms with van der Waals surface area (Å²) in [5, 5.41) is 2.67. The Kier molecular flexibility index (Phi) is 8.52. The fraction of sp³-hybridized carbons (Fsp3) is 0.409. The number of hydrogen-bond acceptors (Lipinski definition) is 7. The summed E-state index contributed by atoms with van der Waals surface area (Å²) in [6.07, 6.45) is 1.05. The van der Waals surface area contributed by atoms with E-state index >= 15 is 0 Å². The van der Waals surface area contributed by atoms with E-state index in [2.05, 4.69) is 5.32 Å². The smallest absolute Gasteiger partial charge is 0.243 e. The minimum absolute atomic E-state index is 0.123. The molecule has 10 nitrogen and oxygen atoms in total. The number of carbonyl (C=O) groups is 1. The molecule has 34 heavy (non-hydrogen) atoms. The minimum Gasteiger partial charge on any atom is -0.492 e. The molecule has 3 rings (SSSR count). The highest BCUT2D eigenvalue weighted by Gasteiger charge is 2.29. The summed E-state index contributed by atoms with van der Waals surface area (Å²) in [5.74, 6) is -0.0184. The lowest BCUT2D eigenvalue weighted by molar-refractivity contribution is -0.121. The molecule has 0 unspecified atom stereocenters. The maximum absolute atomic E-state index is 12.7. The van der Waals surface area contributed by atoms with E-state index in [0.29, 0.717) is 37.7 Å². The molecule has 1 atom stereocenters. The molecule has 0 aromatic heterocycles. The number of amides is 1. The van der Waals surface area contributed by atoms with Gasteiger partial charge in [0.15, 0.2) is 0 Å². The molecule has 1 saturated heterocycles. The van der Waals surface area contributed by atoms with E-state index in [0.717, 1.165) is 10.6 Å². The van der Waals surface area contributed by atoms with Crippen molar-refractivity contribution >= 4 is 31.6 Å². The second-order valence-corrected chi connectivity index (χ2v) is 11.5. The van der Waals surface area contributed by atoms with Gasteiger partial charge in [-0.15, -0.1) is 0 Å². The van der Waals surface area contributed by atoms with Gasteiger partial charge in [0.1, 0.15) is 18.4 Å². The van der Waals surface area contributed by atoms with E-state index in [1.54, 1.807) is 42.5 Å². The van der Waals surface area contributed by atoms with Gasteiger partial charge < -0.3 is 14.8 Å². The van der Waals surface area contributed by atoms with Crippen molar-refractivity contribution in [3.63, 3.8) is 0 Å². The van der Waals surface area contributed by atoms with E-state index in [1.165, 1.54) is 23.4 Å². The molecule has 1 aliphatic heterocycles. The summed E-state index contributed by atoms with van der Waals surface area (Å²) in [6, 6.07) is 13.5. The van der Waals surface area contributed by atoms with E-state index in [9.17, 15) is 21.6 Å². The average molecular weight is 512 g/mol. The molecule has 0 aliphatic carbocycles. The highest BCUT2D eigenvalue weighted by Crippen LogP contribution is 2.21. The van der Waals surface area contributed by atoms with Crippen molar-refractivity contribution in [2.45, 2.75) is 17.9 Å². The van der Waals surface area contributed by atoms with Gasteiger partial charge in [0.25, 0.3) is 0 Å². The summed E-state index contributed by atoms with van der Waals surface area (Å²) in [7, 11) is -7.26. The number of nitrogens with zero attached hydrogens (tertiary/aromatic N) is 2. The van der Waals surface area contributed by atoms with Crippen LogP contribution in [0.4, 0.5) is 5.69 Å². The topological polar surface area (TPSA) is 122 Å². The number of hydrogen-bond donors (Lipinski definition) is 1. The molecule has 12 heteroatoms. The first-order valence-corrected chi connectivity index (χ1v) is 14.0. The molecule has 1 aliphatic rings. The largest absolute Gasteiger partial charge is 0.492 e. The lowest BCUT2D eigenvalue weighted by Gasteiger charge is -2.28. The second kappa shape index (κ2) is 11.2. The van der Waals surface area contributed by atoms with Crippen LogP contribution < -0.4 is 14.4 Å². The van der Waals surface area contributed by atoms with Gasteiger partial charge in [0.05, 0.1) is 36.6 Å². The van der Waals surface area contributed by atoms with Gasteiger partial charge in [0.2, 0.25) is 26.0 Å². The van der Waals surface area contributed by atoms with Gasteiger partial charge >= 0.3 is 0 Å². The van der Waals surface area contributed by atoms with E-state index < -0.39 is 32.0 Å². The quantitative estimate of drug-likeness (QED) is 0.473. The van der Waals surface area contributed by atoms with Gasteiger partial charge in [-0.2, -0.15) is 4.31 Å². The highest BCUT2D eigenvalue weighted by atomic mass is 32.2. The van der Waals surface area contributed by atoms with Crippen molar-refractivity contribution in [3.8, 4) is 5.75 Å².